The quantitative estimate of drug-likeness (QED) is 0.265. The highest BCUT2D eigenvalue weighted by Gasteiger charge is 2.28. The first kappa shape index (κ1) is 18.4. The third-order valence-electron chi connectivity index (χ3n) is 2.94. The number of halogens is 4. The number of hydrogen-bond acceptors (Lipinski definition) is 6. The molecule has 0 bridgehead atoms. The summed E-state index contributed by atoms with van der Waals surface area (Å²) in [7, 11) is 0. The highest BCUT2D eigenvalue weighted by molar-refractivity contribution is 9.13. The van der Waals surface area contributed by atoms with Crippen LogP contribution < -0.4 is 0 Å². The fraction of sp³-hybridized carbons (Fsp3) is 0. The summed E-state index contributed by atoms with van der Waals surface area (Å²) in [6.45, 7) is 0. The lowest BCUT2D eigenvalue weighted by atomic mass is 10.0. The normalized spacial score (nSPS) is 10.8. The Morgan fingerprint density at radius 2 is 1.17 bits per heavy atom. The molecular weight excluding hydrogens is 572 g/mol. The van der Waals surface area contributed by atoms with Gasteiger partial charge in [-0.25, -0.2) is 0 Å². The molecule has 0 heterocycles. The Balaban J connectivity index is 2.78. The molecule has 23 heavy (non-hydrogen) atoms. The first-order valence-electron chi connectivity index (χ1n) is 5.66. The van der Waals surface area contributed by atoms with Crippen LogP contribution in [0.5, 0.6) is 28.7 Å². The number of carbonyl (C=O) groups is 1. The van der Waals surface area contributed by atoms with Crippen LogP contribution in [0.1, 0.15) is 15.9 Å². The number of carbonyl (C=O) groups excluding carboxylic acids is 1. The number of phenolic OH excluding ortho intramolecular Hbond substituents is 5. The summed E-state index contributed by atoms with van der Waals surface area (Å²) >= 11 is 12.1. The van der Waals surface area contributed by atoms with E-state index >= 15 is 0 Å². The standard InChI is InChI=1S/C13H6Br4O6/c14-5-2(1-3(18)10(20)8(5)17)9(19)4-6(15)11(21)13(23)12(22)7(4)16/h1,18,20-23H. The number of hydrogen-bond donors (Lipinski definition) is 5. The van der Waals surface area contributed by atoms with E-state index < -0.39 is 34.5 Å². The van der Waals surface area contributed by atoms with Gasteiger partial charge in [-0.15, -0.1) is 0 Å². The fourth-order valence-corrected chi connectivity index (χ4v) is 4.05. The molecule has 5 N–H and O–H groups in total. The molecule has 0 saturated carbocycles. The summed E-state index contributed by atoms with van der Waals surface area (Å²) in [6, 6.07) is 1.02. The van der Waals surface area contributed by atoms with Crippen LogP contribution in [0, 0.1) is 0 Å². The Kier molecular flexibility index (Phi) is 5.19. The predicted octanol–water partition coefficient (Wildman–Crippen LogP) is 4.50. The van der Waals surface area contributed by atoms with Gasteiger partial charge in [0.1, 0.15) is 0 Å². The number of rotatable bonds is 2. The second-order valence-electron chi connectivity index (χ2n) is 4.30. The van der Waals surface area contributed by atoms with Gasteiger partial charge in [-0.2, -0.15) is 0 Å². The Labute approximate surface area is 162 Å². The van der Waals surface area contributed by atoms with Gasteiger partial charge in [0, 0.05) is 10.0 Å². The zero-order valence-electron chi connectivity index (χ0n) is 10.7. The molecule has 0 aliphatic heterocycles. The molecule has 0 aromatic heterocycles. The zero-order chi connectivity index (χ0) is 17.6. The van der Waals surface area contributed by atoms with Crippen LogP contribution in [0.2, 0.25) is 0 Å². The van der Waals surface area contributed by atoms with Crippen molar-refractivity contribution < 1.29 is 30.3 Å². The lowest BCUT2D eigenvalue weighted by molar-refractivity contribution is 0.103. The molecule has 0 unspecified atom stereocenters. The van der Waals surface area contributed by atoms with Crippen molar-refractivity contribution in [1.82, 2.24) is 0 Å². The van der Waals surface area contributed by atoms with E-state index in [4.69, 9.17) is 0 Å². The molecule has 0 atom stereocenters. The zero-order valence-corrected chi connectivity index (χ0v) is 17.1. The highest BCUT2D eigenvalue weighted by Crippen LogP contribution is 2.50. The summed E-state index contributed by atoms with van der Waals surface area (Å²) in [6.07, 6.45) is 0. The molecule has 10 heteroatoms. The summed E-state index contributed by atoms with van der Waals surface area (Å²) in [5.41, 5.74) is -0.242. The Morgan fingerprint density at radius 1 is 0.696 bits per heavy atom. The topological polar surface area (TPSA) is 118 Å². The van der Waals surface area contributed by atoms with Gasteiger partial charge < -0.3 is 25.5 Å². The van der Waals surface area contributed by atoms with Gasteiger partial charge in [-0.3, -0.25) is 4.79 Å². The van der Waals surface area contributed by atoms with Crippen LogP contribution in [-0.2, 0) is 0 Å². The van der Waals surface area contributed by atoms with Crippen LogP contribution in [-0.4, -0.2) is 31.3 Å². The minimum Gasteiger partial charge on any atom is -0.504 e. The second kappa shape index (κ2) is 6.50. The molecule has 0 saturated heterocycles. The largest absolute Gasteiger partial charge is 0.504 e. The van der Waals surface area contributed by atoms with Gasteiger partial charge in [-0.1, -0.05) is 0 Å². The second-order valence-corrected chi connectivity index (χ2v) is 7.47. The maximum Gasteiger partial charge on any atom is 0.202 e. The maximum atomic E-state index is 12.7. The Morgan fingerprint density at radius 3 is 1.65 bits per heavy atom. The van der Waals surface area contributed by atoms with E-state index in [2.05, 4.69) is 63.7 Å². The molecular formula is C13H6Br4O6. The van der Waals surface area contributed by atoms with Crippen molar-refractivity contribution in [3.8, 4) is 28.7 Å². The predicted molar refractivity (Wildman–Crippen MR) is 95.4 cm³/mol. The molecule has 2 rings (SSSR count). The fourth-order valence-electron chi connectivity index (χ4n) is 1.76. The number of phenols is 5. The van der Waals surface area contributed by atoms with Crippen LogP contribution in [0.15, 0.2) is 24.0 Å². The van der Waals surface area contributed by atoms with Crippen molar-refractivity contribution in [1.29, 1.82) is 0 Å². The highest BCUT2D eigenvalue weighted by atomic mass is 79.9. The molecule has 0 radical (unpaired) electrons. The number of benzene rings is 2. The molecule has 6 nitrogen and oxygen atoms in total. The molecule has 122 valence electrons. The van der Waals surface area contributed by atoms with E-state index in [1.54, 1.807) is 0 Å². The van der Waals surface area contributed by atoms with E-state index in [0.29, 0.717) is 0 Å². The number of aromatic hydroxyl groups is 5. The summed E-state index contributed by atoms with van der Waals surface area (Å²) in [4.78, 5) is 12.7. The molecule has 0 aliphatic carbocycles. The van der Waals surface area contributed by atoms with E-state index in [9.17, 15) is 30.3 Å². The Hall–Kier alpha value is -0.970. The molecule has 0 aliphatic rings. The van der Waals surface area contributed by atoms with Crippen LogP contribution in [0.25, 0.3) is 0 Å². The van der Waals surface area contributed by atoms with Crippen molar-refractivity contribution >= 4 is 69.5 Å². The van der Waals surface area contributed by atoms with Crippen molar-refractivity contribution in [3.05, 3.63) is 35.1 Å². The summed E-state index contributed by atoms with van der Waals surface area (Å²) < 4.78 is -0.0931. The minimum atomic E-state index is -0.797. The minimum absolute atomic E-state index is 0.0558. The van der Waals surface area contributed by atoms with Crippen LogP contribution in [0.3, 0.4) is 0 Å². The molecule has 0 fully saturated rings. The average Bonchev–Trinajstić information content (AvgIpc) is 2.52. The smallest absolute Gasteiger partial charge is 0.202 e. The summed E-state index contributed by atoms with van der Waals surface area (Å²) in [5, 5.41) is 48.4. The lowest BCUT2D eigenvalue weighted by Gasteiger charge is -2.14. The van der Waals surface area contributed by atoms with Crippen molar-refractivity contribution in [2.24, 2.45) is 0 Å². The first-order chi connectivity index (χ1) is 10.6. The number of ketones is 1. The van der Waals surface area contributed by atoms with Gasteiger partial charge in [0.15, 0.2) is 28.8 Å². The Bertz CT molecular complexity index is 820. The lowest BCUT2D eigenvalue weighted by Crippen LogP contribution is -2.06. The van der Waals surface area contributed by atoms with E-state index in [0.717, 1.165) is 6.07 Å². The third-order valence-corrected chi connectivity index (χ3v) is 6.61. The SMILES string of the molecule is O=C(c1cc(O)c(O)c(Br)c1Br)c1c(Br)c(O)c(O)c(O)c1Br. The van der Waals surface area contributed by atoms with E-state index in [1.165, 1.54) is 0 Å². The van der Waals surface area contributed by atoms with Crippen LogP contribution >= 0.6 is 63.7 Å². The van der Waals surface area contributed by atoms with Gasteiger partial charge in [0.05, 0.1) is 19.0 Å². The van der Waals surface area contributed by atoms with Gasteiger partial charge in [0.25, 0.3) is 0 Å². The maximum absolute atomic E-state index is 12.7. The molecule has 0 spiro atoms. The van der Waals surface area contributed by atoms with E-state index in [-0.39, 0.29) is 29.0 Å². The molecule has 2 aromatic rings. The summed E-state index contributed by atoms with van der Waals surface area (Å²) in [5.74, 6) is -3.93. The van der Waals surface area contributed by atoms with E-state index in [1.807, 2.05) is 0 Å². The van der Waals surface area contributed by atoms with Gasteiger partial charge >= 0.3 is 0 Å². The first-order valence-corrected chi connectivity index (χ1v) is 8.83. The van der Waals surface area contributed by atoms with Gasteiger partial charge in [-0.05, 0) is 69.8 Å². The molecule has 0 amide bonds. The molecule has 2 aromatic carbocycles. The van der Waals surface area contributed by atoms with Crippen molar-refractivity contribution in [2.45, 2.75) is 0 Å². The monoisotopic (exact) mass is 574 g/mol. The third kappa shape index (κ3) is 2.92. The van der Waals surface area contributed by atoms with Gasteiger partial charge in [0.2, 0.25) is 5.75 Å². The van der Waals surface area contributed by atoms with Crippen LogP contribution in [0.4, 0.5) is 0 Å². The van der Waals surface area contributed by atoms with Crippen molar-refractivity contribution in [3.63, 3.8) is 0 Å². The van der Waals surface area contributed by atoms with Crippen molar-refractivity contribution in [2.75, 3.05) is 0 Å². The average molecular weight is 578 g/mol.